The Kier molecular flexibility index (Phi) is 3.45. The molecule has 2 heteroatoms. The molecule has 1 aliphatic heterocycles. The quantitative estimate of drug-likeness (QED) is 0.722. The SMILES string of the molecule is CCN(CC1CCCN1)C(C)C1CC1. The highest BCUT2D eigenvalue weighted by Crippen LogP contribution is 2.35. The van der Waals surface area contributed by atoms with Gasteiger partial charge in [-0.2, -0.15) is 0 Å². The van der Waals surface area contributed by atoms with E-state index in [1.807, 2.05) is 0 Å². The zero-order valence-electron chi connectivity index (χ0n) is 9.63. The molecule has 2 aliphatic rings. The Labute approximate surface area is 88.1 Å². The van der Waals surface area contributed by atoms with Gasteiger partial charge in [-0.1, -0.05) is 6.92 Å². The first kappa shape index (κ1) is 10.4. The van der Waals surface area contributed by atoms with Crippen molar-refractivity contribution in [2.24, 2.45) is 5.92 Å². The van der Waals surface area contributed by atoms with Gasteiger partial charge in [-0.15, -0.1) is 0 Å². The summed E-state index contributed by atoms with van der Waals surface area (Å²) in [4.78, 5) is 2.67. The van der Waals surface area contributed by atoms with E-state index < -0.39 is 0 Å². The topological polar surface area (TPSA) is 15.3 Å². The first-order valence-electron chi connectivity index (χ1n) is 6.28. The van der Waals surface area contributed by atoms with E-state index in [-0.39, 0.29) is 0 Å². The van der Waals surface area contributed by atoms with Gasteiger partial charge in [0.15, 0.2) is 0 Å². The molecule has 2 fully saturated rings. The zero-order chi connectivity index (χ0) is 9.97. The molecule has 1 aliphatic carbocycles. The van der Waals surface area contributed by atoms with Crippen molar-refractivity contribution in [2.75, 3.05) is 19.6 Å². The zero-order valence-corrected chi connectivity index (χ0v) is 9.63. The molecule has 0 radical (unpaired) electrons. The van der Waals surface area contributed by atoms with E-state index in [9.17, 15) is 0 Å². The molecule has 0 aromatic carbocycles. The first-order valence-corrected chi connectivity index (χ1v) is 6.28. The standard InChI is InChI=1S/C12H24N2/c1-3-14(10(2)11-6-7-11)9-12-5-4-8-13-12/h10-13H,3-9H2,1-2H3. The van der Waals surface area contributed by atoms with Gasteiger partial charge in [0.25, 0.3) is 0 Å². The Bertz CT molecular complexity index is 171. The minimum absolute atomic E-state index is 0.774. The summed E-state index contributed by atoms with van der Waals surface area (Å²) < 4.78 is 0. The molecular weight excluding hydrogens is 172 g/mol. The van der Waals surface area contributed by atoms with Crippen molar-refractivity contribution in [3.05, 3.63) is 0 Å². The summed E-state index contributed by atoms with van der Waals surface area (Å²) in [6, 6.07) is 1.60. The Hall–Kier alpha value is -0.0800. The van der Waals surface area contributed by atoms with Crippen LogP contribution in [0.3, 0.4) is 0 Å². The summed E-state index contributed by atoms with van der Waals surface area (Å²) in [7, 11) is 0. The Balaban J connectivity index is 1.78. The molecule has 14 heavy (non-hydrogen) atoms. The van der Waals surface area contributed by atoms with Crippen LogP contribution in [-0.4, -0.2) is 36.6 Å². The second-order valence-corrected chi connectivity index (χ2v) is 4.96. The van der Waals surface area contributed by atoms with Crippen molar-refractivity contribution in [2.45, 2.75) is 51.6 Å². The van der Waals surface area contributed by atoms with Crippen LogP contribution in [-0.2, 0) is 0 Å². The number of nitrogens with zero attached hydrogens (tertiary/aromatic N) is 1. The molecule has 0 bridgehead atoms. The fourth-order valence-electron chi connectivity index (χ4n) is 2.66. The van der Waals surface area contributed by atoms with Crippen LogP contribution in [0.2, 0.25) is 0 Å². The van der Waals surface area contributed by atoms with Crippen LogP contribution in [0.5, 0.6) is 0 Å². The van der Waals surface area contributed by atoms with E-state index in [2.05, 4.69) is 24.1 Å². The summed E-state index contributed by atoms with van der Waals surface area (Å²) in [5.74, 6) is 1.01. The lowest BCUT2D eigenvalue weighted by atomic mass is 10.1. The summed E-state index contributed by atoms with van der Waals surface area (Å²) in [6.07, 6.45) is 5.69. The Morgan fingerprint density at radius 3 is 2.64 bits per heavy atom. The van der Waals surface area contributed by atoms with Crippen molar-refractivity contribution >= 4 is 0 Å². The molecule has 1 heterocycles. The minimum Gasteiger partial charge on any atom is -0.313 e. The molecule has 0 amide bonds. The average molecular weight is 196 g/mol. The van der Waals surface area contributed by atoms with Gasteiger partial charge in [0.1, 0.15) is 0 Å². The molecule has 2 unspecified atom stereocenters. The molecule has 1 N–H and O–H groups in total. The maximum Gasteiger partial charge on any atom is 0.0195 e. The maximum absolute atomic E-state index is 3.59. The van der Waals surface area contributed by atoms with Crippen LogP contribution < -0.4 is 5.32 Å². The lowest BCUT2D eigenvalue weighted by Crippen LogP contribution is -2.43. The third kappa shape index (κ3) is 2.48. The summed E-state index contributed by atoms with van der Waals surface area (Å²) >= 11 is 0. The molecule has 2 rings (SSSR count). The van der Waals surface area contributed by atoms with Gasteiger partial charge in [0, 0.05) is 18.6 Å². The van der Waals surface area contributed by atoms with Crippen LogP contribution >= 0.6 is 0 Å². The molecular formula is C12H24N2. The van der Waals surface area contributed by atoms with Gasteiger partial charge in [-0.3, -0.25) is 4.90 Å². The highest BCUT2D eigenvalue weighted by Gasteiger charge is 2.32. The number of likely N-dealkylation sites (N-methyl/N-ethyl adjacent to an activating group) is 1. The number of hydrogen-bond donors (Lipinski definition) is 1. The molecule has 0 aromatic heterocycles. The fraction of sp³-hybridized carbons (Fsp3) is 1.00. The van der Waals surface area contributed by atoms with Crippen LogP contribution in [0.4, 0.5) is 0 Å². The van der Waals surface area contributed by atoms with Crippen LogP contribution in [0, 0.1) is 5.92 Å². The molecule has 0 spiro atoms. The highest BCUT2D eigenvalue weighted by atomic mass is 15.2. The van der Waals surface area contributed by atoms with Crippen molar-refractivity contribution in [1.82, 2.24) is 10.2 Å². The third-order valence-electron chi connectivity index (χ3n) is 3.90. The van der Waals surface area contributed by atoms with Crippen molar-refractivity contribution in [3.8, 4) is 0 Å². The first-order chi connectivity index (χ1) is 6.81. The van der Waals surface area contributed by atoms with Gasteiger partial charge in [0.2, 0.25) is 0 Å². The summed E-state index contributed by atoms with van der Waals surface area (Å²) in [5, 5.41) is 3.59. The van der Waals surface area contributed by atoms with Gasteiger partial charge in [-0.25, -0.2) is 0 Å². The molecule has 2 atom stereocenters. The number of hydrogen-bond acceptors (Lipinski definition) is 2. The Morgan fingerprint density at radius 2 is 2.14 bits per heavy atom. The van der Waals surface area contributed by atoms with Gasteiger partial charge >= 0.3 is 0 Å². The Morgan fingerprint density at radius 1 is 1.36 bits per heavy atom. The van der Waals surface area contributed by atoms with Crippen molar-refractivity contribution in [3.63, 3.8) is 0 Å². The van der Waals surface area contributed by atoms with Crippen molar-refractivity contribution in [1.29, 1.82) is 0 Å². The van der Waals surface area contributed by atoms with Gasteiger partial charge in [0.05, 0.1) is 0 Å². The largest absolute Gasteiger partial charge is 0.313 e. The van der Waals surface area contributed by atoms with E-state index in [4.69, 9.17) is 0 Å². The number of rotatable bonds is 5. The molecule has 0 aromatic rings. The van der Waals surface area contributed by atoms with E-state index in [1.165, 1.54) is 45.3 Å². The second kappa shape index (κ2) is 4.63. The van der Waals surface area contributed by atoms with E-state index >= 15 is 0 Å². The van der Waals surface area contributed by atoms with E-state index in [1.54, 1.807) is 0 Å². The lowest BCUT2D eigenvalue weighted by Gasteiger charge is -2.30. The average Bonchev–Trinajstić information content (AvgIpc) is 2.93. The third-order valence-corrected chi connectivity index (χ3v) is 3.90. The van der Waals surface area contributed by atoms with E-state index in [0.717, 1.165) is 18.0 Å². The van der Waals surface area contributed by atoms with E-state index in [0.29, 0.717) is 0 Å². The second-order valence-electron chi connectivity index (χ2n) is 4.96. The minimum atomic E-state index is 0.774. The predicted molar refractivity (Wildman–Crippen MR) is 60.5 cm³/mol. The fourth-order valence-corrected chi connectivity index (χ4v) is 2.66. The highest BCUT2D eigenvalue weighted by molar-refractivity contribution is 4.87. The van der Waals surface area contributed by atoms with Crippen LogP contribution in [0.1, 0.15) is 39.5 Å². The lowest BCUT2D eigenvalue weighted by molar-refractivity contribution is 0.183. The maximum atomic E-state index is 3.59. The summed E-state index contributed by atoms with van der Waals surface area (Å²) in [5.41, 5.74) is 0. The normalized spacial score (nSPS) is 29.8. The van der Waals surface area contributed by atoms with Crippen molar-refractivity contribution < 1.29 is 0 Å². The van der Waals surface area contributed by atoms with Gasteiger partial charge < -0.3 is 5.32 Å². The molecule has 1 saturated heterocycles. The monoisotopic (exact) mass is 196 g/mol. The van der Waals surface area contributed by atoms with Gasteiger partial charge in [-0.05, 0) is 51.6 Å². The van der Waals surface area contributed by atoms with Crippen LogP contribution in [0.25, 0.3) is 0 Å². The van der Waals surface area contributed by atoms with Crippen LogP contribution in [0.15, 0.2) is 0 Å². The predicted octanol–water partition coefficient (Wildman–Crippen LogP) is 1.86. The molecule has 1 saturated carbocycles. The summed E-state index contributed by atoms with van der Waals surface area (Å²) in [6.45, 7) is 8.44. The smallest absolute Gasteiger partial charge is 0.0195 e. The molecule has 82 valence electrons. The number of nitrogens with one attached hydrogen (secondary N) is 1. The molecule has 2 nitrogen and oxygen atoms in total.